The number of carboxylic acids is 1. The van der Waals surface area contributed by atoms with Gasteiger partial charge in [-0.05, 0) is 56.3 Å². The molecule has 0 spiro atoms. The Hall–Kier alpha value is -4.77. The summed E-state index contributed by atoms with van der Waals surface area (Å²) in [4.78, 5) is 43.9. The van der Waals surface area contributed by atoms with Gasteiger partial charge in [0.1, 0.15) is 28.7 Å². The van der Waals surface area contributed by atoms with Crippen molar-refractivity contribution in [2.45, 2.75) is 26.9 Å². The van der Waals surface area contributed by atoms with E-state index in [1.54, 1.807) is 42.5 Å². The molecule has 2 aromatic heterocycles. The number of ether oxygens (including phenoxy) is 3. The number of carboxylic acid groups (broad SMARTS) is 1. The quantitative estimate of drug-likeness (QED) is 0.233. The Balaban J connectivity index is 1.50. The lowest BCUT2D eigenvalue weighted by molar-refractivity contribution is 0.0696. The van der Waals surface area contributed by atoms with Crippen molar-refractivity contribution >= 4 is 34.1 Å². The van der Waals surface area contributed by atoms with Crippen molar-refractivity contribution in [2.75, 3.05) is 5.32 Å². The maximum absolute atomic E-state index is 13.1. The zero-order valence-corrected chi connectivity index (χ0v) is 21.4. The van der Waals surface area contributed by atoms with Gasteiger partial charge in [-0.25, -0.2) is 14.8 Å². The van der Waals surface area contributed by atoms with Gasteiger partial charge in [0.15, 0.2) is 10.9 Å². The lowest BCUT2D eigenvalue weighted by Gasteiger charge is -2.14. The summed E-state index contributed by atoms with van der Waals surface area (Å²) in [5, 5.41) is 12.5. The highest BCUT2D eigenvalue weighted by molar-refractivity contribution is 7.17. The molecule has 10 nitrogen and oxygen atoms in total. The third kappa shape index (κ3) is 6.92. The summed E-state index contributed by atoms with van der Waals surface area (Å²) < 4.78 is 17.3. The number of thiazole rings is 1. The molecule has 4 rings (SSSR count). The van der Waals surface area contributed by atoms with Crippen LogP contribution in [0, 0.1) is 0 Å². The minimum absolute atomic E-state index is 0.0904. The van der Waals surface area contributed by atoms with Gasteiger partial charge in [-0.2, -0.15) is 0 Å². The summed E-state index contributed by atoms with van der Waals surface area (Å²) in [6.45, 7) is 5.15. The van der Waals surface area contributed by atoms with Gasteiger partial charge in [-0.1, -0.05) is 17.4 Å². The molecular formula is C27H23N3O7S. The Bertz CT molecular complexity index is 1480. The molecule has 2 N–H and O–H groups in total. The first-order valence-corrected chi connectivity index (χ1v) is 12.2. The summed E-state index contributed by atoms with van der Waals surface area (Å²) in [5.74, 6) is -0.196. The van der Waals surface area contributed by atoms with E-state index in [0.717, 1.165) is 11.3 Å². The SMILES string of the molecule is CC(=O)c1ccc(Oc2cc(OC(C)C)cc(C(=O)Nc3ncc(Oc4cccc(C(=O)O)c4)s3)c2)cn1. The molecule has 0 bridgehead atoms. The molecule has 0 saturated heterocycles. The zero-order valence-electron chi connectivity index (χ0n) is 20.6. The van der Waals surface area contributed by atoms with Gasteiger partial charge in [0, 0.05) is 18.6 Å². The van der Waals surface area contributed by atoms with Crippen molar-refractivity contribution in [3.63, 3.8) is 0 Å². The van der Waals surface area contributed by atoms with Gasteiger partial charge in [0.2, 0.25) is 5.06 Å². The lowest BCUT2D eigenvalue weighted by Crippen LogP contribution is -2.13. The number of aromatic carboxylic acids is 1. The summed E-state index contributed by atoms with van der Waals surface area (Å²) in [6.07, 6.45) is 2.71. The molecule has 0 unspecified atom stereocenters. The number of carbonyl (C=O) groups excluding carboxylic acids is 2. The first-order valence-electron chi connectivity index (χ1n) is 11.4. The maximum atomic E-state index is 13.1. The lowest BCUT2D eigenvalue weighted by atomic mass is 10.2. The fourth-order valence-electron chi connectivity index (χ4n) is 3.23. The van der Waals surface area contributed by atoms with Gasteiger partial charge in [-0.3, -0.25) is 14.9 Å². The van der Waals surface area contributed by atoms with E-state index < -0.39 is 11.9 Å². The van der Waals surface area contributed by atoms with Crippen molar-refractivity contribution in [1.82, 2.24) is 9.97 Å². The Morgan fingerprint density at radius 1 is 0.868 bits per heavy atom. The Labute approximate surface area is 221 Å². The number of ketones is 1. The minimum atomic E-state index is -1.07. The van der Waals surface area contributed by atoms with E-state index in [9.17, 15) is 14.4 Å². The van der Waals surface area contributed by atoms with Crippen molar-refractivity contribution in [3.05, 3.63) is 83.8 Å². The Kier molecular flexibility index (Phi) is 7.97. The summed E-state index contributed by atoms with van der Waals surface area (Å²) >= 11 is 1.08. The minimum Gasteiger partial charge on any atom is -0.491 e. The first-order chi connectivity index (χ1) is 18.2. The monoisotopic (exact) mass is 533 g/mol. The van der Waals surface area contributed by atoms with Gasteiger partial charge >= 0.3 is 5.97 Å². The first kappa shape index (κ1) is 26.3. The molecular weight excluding hydrogens is 510 g/mol. The number of nitrogens with one attached hydrogen (secondary N) is 1. The van der Waals surface area contributed by atoms with E-state index in [-0.39, 0.29) is 28.1 Å². The molecule has 194 valence electrons. The molecule has 38 heavy (non-hydrogen) atoms. The second kappa shape index (κ2) is 11.5. The zero-order chi connectivity index (χ0) is 27.2. The van der Waals surface area contributed by atoms with Crippen molar-refractivity contribution in [3.8, 4) is 28.1 Å². The van der Waals surface area contributed by atoms with Crippen LogP contribution in [0.1, 0.15) is 52.0 Å². The molecule has 0 fully saturated rings. The fraction of sp³-hybridized carbons (Fsp3) is 0.148. The predicted octanol–water partition coefficient (Wildman–Crippen LogP) is 6.06. The third-order valence-corrected chi connectivity index (χ3v) is 5.64. The Morgan fingerprint density at radius 2 is 1.63 bits per heavy atom. The highest BCUT2D eigenvalue weighted by atomic mass is 32.1. The number of anilines is 1. The van der Waals surface area contributed by atoms with Crippen molar-refractivity contribution in [1.29, 1.82) is 0 Å². The number of benzene rings is 2. The number of pyridine rings is 1. The fourth-order valence-corrected chi connectivity index (χ4v) is 3.91. The van der Waals surface area contributed by atoms with E-state index in [1.165, 1.54) is 31.5 Å². The smallest absolute Gasteiger partial charge is 0.335 e. The van der Waals surface area contributed by atoms with Crippen LogP contribution in [0.2, 0.25) is 0 Å². The number of carbonyl (C=O) groups is 3. The van der Waals surface area contributed by atoms with Crippen LogP contribution in [0.25, 0.3) is 0 Å². The van der Waals surface area contributed by atoms with Gasteiger partial charge in [-0.15, -0.1) is 0 Å². The largest absolute Gasteiger partial charge is 0.491 e. The molecule has 0 radical (unpaired) electrons. The molecule has 0 saturated carbocycles. The predicted molar refractivity (Wildman–Crippen MR) is 140 cm³/mol. The highest BCUT2D eigenvalue weighted by Crippen LogP contribution is 2.32. The van der Waals surface area contributed by atoms with Gasteiger partial charge in [0.05, 0.1) is 24.1 Å². The number of hydrogen-bond donors (Lipinski definition) is 2. The summed E-state index contributed by atoms with van der Waals surface area (Å²) in [5.41, 5.74) is 0.668. The summed E-state index contributed by atoms with van der Waals surface area (Å²) in [6, 6.07) is 14.0. The number of hydrogen-bond acceptors (Lipinski definition) is 9. The van der Waals surface area contributed by atoms with Crippen molar-refractivity contribution in [2.24, 2.45) is 0 Å². The van der Waals surface area contributed by atoms with Crippen LogP contribution in [0.5, 0.6) is 28.1 Å². The number of nitrogens with zero attached hydrogens (tertiary/aromatic N) is 2. The molecule has 0 atom stereocenters. The normalized spacial score (nSPS) is 10.6. The number of Topliss-reactive ketones (excluding diaryl/α,β-unsaturated/α-hetero) is 1. The van der Waals surface area contributed by atoms with Crippen LogP contribution in [0.4, 0.5) is 5.13 Å². The molecule has 4 aromatic rings. The topological polar surface area (TPSA) is 137 Å². The maximum Gasteiger partial charge on any atom is 0.335 e. The number of rotatable bonds is 10. The number of amides is 1. The second-order valence-electron chi connectivity index (χ2n) is 8.27. The molecule has 0 aliphatic rings. The summed E-state index contributed by atoms with van der Waals surface area (Å²) in [7, 11) is 0. The average molecular weight is 534 g/mol. The van der Waals surface area contributed by atoms with Crippen LogP contribution >= 0.6 is 11.3 Å². The second-order valence-corrected chi connectivity index (χ2v) is 9.26. The molecule has 11 heteroatoms. The molecule has 2 heterocycles. The number of aromatic nitrogens is 2. The third-order valence-electron chi connectivity index (χ3n) is 4.85. The van der Waals surface area contributed by atoms with Crippen LogP contribution < -0.4 is 19.5 Å². The van der Waals surface area contributed by atoms with Crippen LogP contribution in [-0.4, -0.2) is 38.8 Å². The highest BCUT2D eigenvalue weighted by Gasteiger charge is 2.15. The average Bonchev–Trinajstić information content (AvgIpc) is 3.30. The van der Waals surface area contributed by atoms with Crippen LogP contribution in [0.15, 0.2) is 67.0 Å². The van der Waals surface area contributed by atoms with E-state index in [4.69, 9.17) is 19.3 Å². The van der Waals surface area contributed by atoms with E-state index in [0.29, 0.717) is 33.8 Å². The Morgan fingerprint density at radius 3 is 2.32 bits per heavy atom. The van der Waals surface area contributed by atoms with Gasteiger partial charge < -0.3 is 19.3 Å². The van der Waals surface area contributed by atoms with Gasteiger partial charge in [0.25, 0.3) is 5.91 Å². The molecule has 0 aliphatic carbocycles. The molecule has 2 aromatic carbocycles. The van der Waals surface area contributed by atoms with E-state index in [2.05, 4.69) is 15.3 Å². The van der Waals surface area contributed by atoms with E-state index >= 15 is 0 Å². The van der Waals surface area contributed by atoms with Crippen LogP contribution in [0.3, 0.4) is 0 Å². The van der Waals surface area contributed by atoms with Crippen LogP contribution in [-0.2, 0) is 0 Å². The molecule has 0 aliphatic heterocycles. The van der Waals surface area contributed by atoms with E-state index in [1.807, 2.05) is 13.8 Å². The molecule has 1 amide bonds. The standard InChI is InChI=1S/C27H23N3O7S/c1-15(2)35-21-10-18(11-22(12-21)36-20-7-8-23(16(3)31)28-13-20)25(32)30-27-29-14-24(38-27)37-19-6-4-5-17(9-19)26(33)34/h4-15H,1-3H3,(H,33,34)(H,29,30,32). The van der Waals surface area contributed by atoms with Crippen molar-refractivity contribution < 1.29 is 33.7 Å².